The van der Waals surface area contributed by atoms with E-state index < -0.39 is 0 Å². The topological polar surface area (TPSA) is 57.9 Å². The van der Waals surface area contributed by atoms with Gasteiger partial charge in [-0.2, -0.15) is 5.10 Å². The van der Waals surface area contributed by atoms with Crippen LogP contribution in [0.5, 0.6) is 0 Å². The molecule has 1 heterocycles. The number of anilines is 3. The Kier molecular flexibility index (Phi) is 3.06. The molecule has 4 nitrogen and oxygen atoms in total. The summed E-state index contributed by atoms with van der Waals surface area (Å²) >= 11 is 0. The lowest BCUT2D eigenvalue weighted by atomic mass is 10.1. The fourth-order valence-electron chi connectivity index (χ4n) is 2.57. The van der Waals surface area contributed by atoms with Crippen molar-refractivity contribution in [1.82, 2.24) is 10.2 Å². The number of hydrogen-bond donors (Lipinski definition) is 2. The van der Waals surface area contributed by atoms with Crippen LogP contribution in [0.1, 0.15) is 12.5 Å². The number of nitrogens with zero attached hydrogens (tertiary/aromatic N) is 2. The molecular formula is C16H18N4. The minimum atomic E-state index is 0.768. The standard InChI is InChI=1S/C16H18N4/c1-3-20(15-7-5-4-6-11(15)2)16-9-14-12(8-13(16)17)10-18-19-14/h4-10H,3,17H2,1-2H3,(H,18,19). The lowest BCUT2D eigenvalue weighted by Crippen LogP contribution is -2.18. The Morgan fingerprint density at radius 1 is 1.20 bits per heavy atom. The number of para-hydroxylation sites is 1. The van der Waals surface area contributed by atoms with Gasteiger partial charge in [0.15, 0.2) is 0 Å². The highest BCUT2D eigenvalue weighted by Crippen LogP contribution is 2.34. The van der Waals surface area contributed by atoms with Gasteiger partial charge in [0.25, 0.3) is 0 Å². The fourth-order valence-corrected chi connectivity index (χ4v) is 2.57. The number of nitrogens with one attached hydrogen (secondary N) is 1. The van der Waals surface area contributed by atoms with E-state index in [1.165, 1.54) is 11.3 Å². The molecule has 0 radical (unpaired) electrons. The van der Waals surface area contributed by atoms with Crippen molar-refractivity contribution in [3.05, 3.63) is 48.2 Å². The van der Waals surface area contributed by atoms with E-state index in [4.69, 9.17) is 5.73 Å². The molecule has 0 aliphatic rings. The Labute approximate surface area is 118 Å². The molecule has 0 amide bonds. The molecule has 1 aromatic heterocycles. The van der Waals surface area contributed by atoms with Crippen LogP contribution in [0, 0.1) is 6.92 Å². The molecule has 0 fully saturated rings. The smallest absolute Gasteiger partial charge is 0.0672 e. The van der Waals surface area contributed by atoms with E-state index in [1.54, 1.807) is 6.20 Å². The summed E-state index contributed by atoms with van der Waals surface area (Å²) in [5.74, 6) is 0. The van der Waals surface area contributed by atoms with Gasteiger partial charge in [-0.3, -0.25) is 5.10 Å². The van der Waals surface area contributed by atoms with Crippen LogP contribution in [0.3, 0.4) is 0 Å². The van der Waals surface area contributed by atoms with Crippen molar-refractivity contribution >= 4 is 28.0 Å². The largest absolute Gasteiger partial charge is 0.397 e. The first-order chi connectivity index (χ1) is 9.70. The van der Waals surface area contributed by atoms with Crippen LogP contribution in [0.25, 0.3) is 10.9 Å². The van der Waals surface area contributed by atoms with E-state index in [1.807, 2.05) is 12.1 Å². The van der Waals surface area contributed by atoms with E-state index in [0.717, 1.165) is 28.8 Å². The van der Waals surface area contributed by atoms with E-state index in [0.29, 0.717) is 0 Å². The molecule has 0 saturated carbocycles. The zero-order chi connectivity index (χ0) is 14.1. The maximum absolute atomic E-state index is 6.23. The molecule has 0 unspecified atom stereocenters. The first-order valence-electron chi connectivity index (χ1n) is 6.76. The predicted molar refractivity (Wildman–Crippen MR) is 84.4 cm³/mol. The zero-order valence-electron chi connectivity index (χ0n) is 11.7. The molecular weight excluding hydrogens is 248 g/mol. The van der Waals surface area contributed by atoms with Crippen molar-refractivity contribution in [2.45, 2.75) is 13.8 Å². The molecule has 4 heteroatoms. The van der Waals surface area contributed by atoms with Gasteiger partial charge < -0.3 is 10.6 Å². The van der Waals surface area contributed by atoms with Gasteiger partial charge in [0.2, 0.25) is 0 Å². The second-order valence-electron chi connectivity index (χ2n) is 4.90. The monoisotopic (exact) mass is 266 g/mol. The van der Waals surface area contributed by atoms with Gasteiger partial charge in [0.1, 0.15) is 0 Å². The van der Waals surface area contributed by atoms with Crippen LogP contribution in [-0.4, -0.2) is 16.7 Å². The fraction of sp³-hybridized carbons (Fsp3) is 0.188. The van der Waals surface area contributed by atoms with Gasteiger partial charge in [-0.05, 0) is 37.6 Å². The van der Waals surface area contributed by atoms with Crippen molar-refractivity contribution in [3.8, 4) is 0 Å². The van der Waals surface area contributed by atoms with Gasteiger partial charge >= 0.3 is 0 Å². The third-order valence-electron chi connectivity index (χ3n) is 3.60. The number of H-pyrrole nitrogens is 1. The highest BCUT2D eigenvalue weighted by atomic mass is 15.1. The Balaban J connectivity index is 2.16. The lowest BCUT2D eigenvalue weighted by molar-refractivity contribution is 1.02. The van der Waals surface area contributed by atoms with Crippen molar-refractivity contribution in [3.63, 3.8) is 0 Å². The number of nitrogens with two attached hydrogens (primary N) is 1. The summed E-state index contributed by atoms with van der Waals surface area (Å²) in [5.41, 5.74) is 11.4. The summed E-state index contributed by atoms with van der Waals surface area (Å²) in [7, 11) is 0. The molecule has 0 aliphatic heterocycles. The number of fused-ring (bicyclic) bond motifs is 1. The predicted octanol–water partition coefficient (Wildman–Crippen LogP) is 3.61. The number of hydrogen-bond acceptors (Lipinski definition) is 3. The molecule has 3 rings (SSSR count). The summed E-state index contributed by atoms with van der Waals surface area (Å²) in [6, 6.07) is 12.4. The van der Waals surface area contributed by atoms with Gasteiger partial charge in [0.05, 0.1) is 23.1 Å². The number of aromatic amines is 1. The summed E-state index contributed by atoms with van der Waals surface area (Å²) in [6.45, 7) is 5.10. The molecule has 20 heavy (non-hydrogen) atoms. The Morgan fingerprint density at radius 2 is 2.00 bits per heavy atom. The normalized spacial score (nSPS) is 10.9. The first kappa shape index (κ1) is 12.5. The van der Waals surface area contributed by atoms with Gasteiger partial charge in [-0.25, -0.2) is 0 Å². The van der Waals surface area contributed by atoms with E-state index in [9.17, 15) is 0 Å². The molecule has 0 aliphatic carbocycles. The third-order valence-corrected chi connectivity index (χ3v) is 3.60. The summed E-state index contributed by atoms with van der Waals surface area (Å²) in [4.78, 5) is 2.23. The molecule has 2 aromatic carbocycles. The molecule has 0 spiro atoms. The SMILES string of the molecule is CCN(c1ccccc1C)c1cc2[nH]ncc2cc1N. The quantitative estimate of drug-likeness (QED) is 0.712. The second kappa shape index (κ2) is 4.89. The van der Waals surface area contributed by atoms with Crippen LogP contribution < -0.4 is 10.6 Å². The summed E-state index contributed by atoms with van der Waals surface area (Å²) in [6.07, 6.45) is 1.79. The van der Waals surface area contributed by atoms with Crippen molar-refractivity contribution < 1.29 is 0 Å². The lowest BCUT2D eigenvalue weighted by Gasteiger charge is -2.26. The second-order valence-corrected chi connectivity index (χ2v) is 4.90. The first-order valence-corrected chi connectivity index (χ1v) is 6.76. The molecule has 3 N–H and O–H groups in total. The van der Waals surface area contributed by atoms with Crippen LogP contribution >= 0.6 is 0 Å². The number of benzene rings is 2. The Bertz CT molecular complexity index is 745. The number of aromatic nitrogens is 2. The van der Waals surface area contributed by atoms with Crippen molar-refractivity contribution in [2.75, 3.05) is 17.2 Å². The highest BCUT2D eigenvalue weighted by Gasteiger charge is 2.13. The molecule has 3 aromatic rings. The Hall–Kier alpha value is -2.49. The van der Waals surface area contributed by atoms with E-state index in [-0.39, 0.29) is 0 Å². The maximum Gasteiger partial charge on any atom is 0.0672 e. The molecule has 102 valence electrons. The third kappa shape index (κ3) is 1.99. The van der Waals surface area contributed by atoms with Crippen LogP contribution in [-0.2, 0) is 0 Å². The van der Waals surface area contributed by atoms with Crippen LogP contribution in [0.2, 0.25) is 0 Å². The zero-order valence-corrected chi connectivity index (χ0v) is 11.7. The molecule has 0 bridgehead atoms. The number of nitrogen functional groups attached to an aromatic ring is 1. The molecule has 0 saturated heterocycles. The summed E-state index contributed by atoms with van der Waals surface area (Å²) < 4.78 is 0. The van der Waals surface area contributed by atoms with E-state index in [2.05, 4.69) is 53.2 Å². The van der Waals surface area contributed by atoms with Crippen molar-refractivity contribution in [1.29, 1.82) is 0 Å². The van der Waals surface area contributed by atoms with Gasteiger partial charge in [-0.1, -0.05) is 18.2 Å². The molecule has 0 atom stereocenters. The summed E-state index contributed by atoms with van der Waals surface area (Å²) in [5, 5.41) is 8.09. The average molecular weight is 266 g/mol. The highest BCUT2D eigenvalue weighted by molar-refractivity contribution is 5.90. The maximum atomic E-state index is 6.23. The van der Waals surface area contributed by atoms with Crippen molar-refractivity contribution in [2.24, 2.45) is 0 Å². The van der Waals surface area contributed by atoms with Gasteiger partial charge in [0, 0.05) is 17.6 Å². The minimum Gasteiger partial charge on any atom is -0.397 e. The Morgan fingerprint density at radius 3 is 2.75 bits per heavy atom. The minimum absolute atomic E-state index is 0.768. The van der Waals surface area contributed by atoms with Gasteiger partial charge in [-0.15, -0.1) is 0 Å². The van der Waals surface area contributed by atoms with Crippen LogP contribution in [0.15, 0.2) is 42.6 Å². The number of rotatable bonds is 3. The van der Waals surface area contributed by atoms with E-state index >= 15 is 0 Å². The van der Waals surface area contributed by atoms with Crippen LogP contribution in [0.4, 0.5) is 17.1 Å². The average Bonchev–Trinajstić information content (AvgIpc) is 2.89. The number of aryl methyl sites for hydroxylation is 1.